The molecule has 0 spiro atoms. The fourth-order valence-electron chi connectivity index (χ4n) is 3.53. The van der Waals surface area contributed by atoms with Gasteiger partial charge < -0.3 is 5.73 Å². The Labute approximate surface area is 121 Å². The molecule has 0 saturated heterocycles. The lowest BCUT2D eigenvalue weighted by Crippen LogP contribution is -2.85. The summed E-state index contributed by atoms with van der Waals surface area (Å²) >= 11 is 0. The fraction of sp³-hybridized carbons (Fsp3) is 0.667. The first-order valence-corrected chi connectivity index (χ1v) is 6.83. The summed E-state index contributed by atoms with van der Waals surface area (Å²) in [4.78, 5) is 4.61. The smallest absolute Gasteiger partial charge is 0.273 e. The van der Waals surface area contributed by atoms with Crippen LogP contribution in [-0.4, -0.2) is 28.7 Å². The van der Waals surface area contributed by atoms with Crippen LogP contribution < -0.4 is 11.5 Å². The van der Waals surface area contributed by atoms with Crippen LogP contribution in [0.2, 0.25) is 0 Å². The largest absolute Gasteiger partial charge is 0.312 e. The van der Waals surface area contributed by atoms with Gasteiger partial charge in [0.15, 0.2) is 12.6 Å². The highest BCUT2D eigenvalue weighted by Crippen LogP contribution is 2.57. The zero-order valence-electron chi connectivity index (χ0n) is 13.4. The van der Waals surface area contributed by atoms with E-state index in [0.29, 0.717) is 11.4 Å². The van der Waals surface area contributed by atoms with E-state index in [1.165, 1.54) is 0 Å². The van der Waals surface area contributed by atoms with E-state index in [0.717, 1.165) is 5.71 Å². The van der Waals surface area contributed by atoms with Crippen LogP contribution in [0.4, 0.5) is 0 Å². The molecular weight excluding hydrogens is 250 g/mol. The van der Waals surface area contributed by atoms with E-state index >= 15 is 0 Å². The van der Waals surface area contributed by atoms with Crippen LogP contribution in [-0.2, 0) is 0 Å². The quantitative estimate of drug-likeness (QED) is 0.664. The zero-order valence-corrected chi connectivity index (χ0v) is 13.4. The number of aliphatic imine (C=N–C) groups is 1. The maximum absolute atomic E-state index is 6.86. The van der Waals surface area contributed by atoms with Gasteiger partial charge in [0.1, 0.15) is 5.70 Å². The maximum Gasteiger partial charge on any atom is 0.273 e. The second kappa shape index (κ2) is 3.65. The topological polar surface area (TPSA) is 79.8 Å². The Kier molecular flexibility index (Phi) is 2.75. The molecule has 0 saturated carbocycles. The lowest BCUT2D eigenvalue weighted by Gasteiger charge is -2.58. The van der Waals surface area contributed by atoms with Gasteiger partial charge >= 0.3 is 0 Å². The van der Waals surface area contributed by atoms with Gasteiger partial charge in [-0.05, 0) is 25.9 Å². The summed E-state index contributed by atoms with van der Waals surface area (Å²) in [5, 5.41) is 4.54. The highest BCUT2D eigenvalue weighted by atomic mass is 15.4. The van der Waals surface area contributed by atoms with Gasteiger partial charge in [0.25, 0.3) is 5.66 Å². The van der Waals surface area contributed by atoms with Gasteiger partial charge in [-0.25, -0.2) is 0 Å². The molecule has 2 aliphatic heterocycles. The van der Waals surface area contributed by atoms with Crippen LogP contribution in [0.15, 0.2) is 34.7 Å². The first-order valence-electron chi connectivity index (χ1n) is 6.83. The van der Waals surface area contributed by atoms with Gasteiger partial charge in [0.05, 0.1) is 11.1 Å². The van der Waals surface area contributed by atoms with E-state index in [1.807, 2.05) is 27.8 Å². The first kappa shape index (κ1) is 15.1. The second-order valence-corrected chi connectivity index (χ2v) is 7.04. The third kappa shape index (κ3) is 1.23. The average Bonchev–Trinajstić information content (AvgIpc) is 2.32. The highest BCUT2D eigenvalue weighted by molar-refractivity contribution is 5.91. The Bertz CT molecular complexity index is 581. The highest BCUT2D eigenvalue weighted by Gasteiger charge is 2.75. The van der Waals surface area contributed by atoms with E-state index in [-0.39, 0.29) is 0 Å². The zero-order chi connectivity index (χ0) is 15.7. The van der Waals surface area contributed by atoms with Gasteiger partial charge in [-0.1, -0.05) is 27.0 Å². The van der Waals surface area contributed by atoms with Crippen molar-refractivity contribution in [2.45, 2.75) is 45.8 Å². The van der Waals surface area contributed by atoms with Crippen molar-refractivity contribution < 1.29 is 4.70 Å². The molecule has 4 N–H and O–H groups in total. The standard InChI is InChI=1S/C15H26N5/c1-9-13(6,7)15(17)14(16,11(3)18-9)12(4,5)10(2)19-20(15)8/h2-3,16-17H2,1,4-8H3/q+1. The van der Waals surface area contributed by atoms with Crippen molar-refractivity contribution in [3.63, 3.8) is 0 Å². The van der Waals surface area contributed by atoms with E-state index in [1.54, 1.807) is 4.70 Å². The number of hydrogen-bond donors (Lipinski definition) is 2. The summed E-state index contributed by atoms with van der Waals surface area (Å²) in [6, 6.07) is 0. The first-order chi connectivity index (χ1) is 8.85. The number of hydrogen-bond acceptors (Lipinski definition) is 4. The lowest BCUT2D eigenvalue weighted by atomic mass is 9.52. The molecule has 2 aliphatic rings. The number of azo groups is 2. The summed E-state index contributed by atoms with van der Waals surface area (Å²) in [7, 11) is 1.84. The van der Waals surface area contributed by atoms with Crippen molar-refractivity contribution in [3.8, 4) is 0 Å². The SMILES string of the molecule is C=C1N=[N+](C)C2(N)C(C)(C)C(C)=NC(=C)C2(N)C1(C)C. The minimum absolute atomic E-state index is 0.445. The molecule has 2 heterocycles. The molecule has 0 radical (unpaired) electrons. The molecule has 0 aliphatic carbocycles. The van der Waals surface area contributed by atoms with Crippen LogP contribution in [0.5, 0.6) is 0 Å². The van der Waals surface area contributed by atoms with E-state index < -0.39 is 22.0 Å². The van der Waals surface area contributed by atoms with Crippen molar-refractivity contribution in [2.75, 3.05) is 7.05 Å². The molecule has 0 aromatic rings. The van der Waals surface area contributed by atoms with Crippen LogP contribution >= 0.6 is 0 Å². The maximum atomic E-state index is 6.86. The molecule has 0 fully saturated rings. The van der Waals surface area contributed by atoms with Crippen molar-refractivity contribution >= 4 is 5.71 Å². The van der Waals surface area contributed by atoms with E-state index in [4.69, 9.17) is 11.5 Å². The summed E-state index contributed by atoms with van der Waals surface area (Å²) in [5.74, 6) is 0. The number of likely N-dealkylation sites (N-methyl/N-ethyl adjacent to an activating group) is 1. The number of nitrogens with zero attached hydrogens (tertiary/aromatic N) is 3. The Balaban J connectivity index is 2.95. The molecule has 0 amide bonds. The number of nitrogens with two attached hydrogens (primary N) is 2. The molecule has 5 heteroatoms. The molecule has 0 bridgehead atoms. The minimum Gasteiger partial charge on any atom is -0.312 e. The van der Waals surface area contributed by atoms with Crippen molar-refractivity contribution in [1.82, 2.24) is 0 Å². The van der Waals surface area contributed by atoms with Gasteiger partial charge in [0, 0.05) is 11.1 Å². The van der Waals surface area contributed by atoms with E-state index in [2.05, 4.69) is 37.1 Å². The van der Waals surface area contributed by atoms with Crippen LogP contribution in [0.25, 0.3) is 0 Å². The van der Waals surface area contributed by atoms with E-state index in [9.17, 15) is 0 Å². The molecule has 20 heavy (non-hydrogen) atoms. The fourth-order valence-corrected chi connectivity index (χ4v) is 3.53. The molecule has 110 valence electrons. The van der Waals surface area contributed by atoms with Gasteiger partial charge in [-0.2, -0.15) is 0 Å². The third-order valence-corrected chi connectivity index (χ3v) is 5.70. The molecule has 0 aromatic carbocycles. The Morgan fingerprint density at radius 3 is 2.00 bits per heavy atom. The molecule has 0 aromatic heterocycles. The van der Waals surface area contributed by atoms with Gasteiger partial charge in [-0.3, -0.25) is 10.7 Å². The van der Waals surface area contributed by atoms with Gasteiger partial charge in [-0.15, -0.1) is 4.70 Å². The molecular formula is C15H26N5+. The predicted octanol–water partition coefficient (Wildman–Crippen LogP) is 2.00. The summed E-state index contributed by atoms with van der Waals surface area (Å²) < 4.78 is 1.74. The summed E-state index contributed by atoms with van der Waals surface area (Å²) in [5.41, 5.74) is 13.0. The van der Waals surface area contributed by atoms with Crippen LogP contribution in [0.3, 0.4) is 0 Å². The molecule has 2 unspecified atom stereocenters. The third-order valence-electron chi connectivity index (χ3n) is 5.70. The van der Waals surface area contributed by atoms with Crippen molar-refractivity contribution in [2.24, 2.45) is 32.4 Å². The Morgan fingerprint density at radius 2 is 1.50 bits per heavy atom. The molecule has 2 rings (SSSR count). The Hall–Kier alpha value is -1.33. The lowest BCUT2D eigenvalue weighted by molar-refractivity contribution is -0.674. The van der Waals surface area contributed by atoms with Gasteiger partial charge in [0.2, 0.25) is 0 Å². The van der Waals surface area contributed by atoms with Crippen LogP contribution in [0.1, 0.15) is 34.6 Å². The molecule has 5 nitrogen and oxygen atoms in total. The monoisotopic (exact) mass is 276 g/mol. The Morgan fingerprint density at radius 1 is 1.00 bits per heavy atom. The summed E-state index contributed by atoms with van der Waals surface area (Å²) in [6.45, 7) is 18.2. The van der Waals surface area contributed by atoms with Crippen molar-refractivity contribution in [3.05, 3.63) is 24.6 Å². The summed E-state index contributed by atoms with van der Waals surface area (Å²) in [6.07, 6.45) is 0. The predicted molar refractivity (Wildman–Crippen MR) is 81.4 cm³/mol. The average molecular weight is 276 g/mol. The van der Waals surface area contributed by atoms with Crippen LogP contribution in [0, 0.1) is 10.8 Å². The normalized spacial score (nSPS) is 39.0. The number of rotatable bonds is 0. The molecule has 2 atom stereocenters. The second-order valence-electron chi connectivity index (χ2n) is 7.04. The number of fused-ring (bicyclic) bond motifs is 1. The minimum atomic E-state index is -0.948. The van der Waals surface area contributed by atoms with Crippen molar-refractivity contribution in [1.29, 1.82) is 0 Å².